The molecule has 0 heterocycles. The molecule has 0 aliphatic carbocycles. The van der Waals surface area contributed by atoms with Gasteiger partial charge in [0.25, 0.3) is 5.69 Å². The van der Waals surface area contributed by atoms with Gasteiger partial charge in [0.15, 0.2) is 0 Å². The van der Waals surface area contributed by atoms with E-state index >= 15 is 0 Å². The van der Waals surface area contributed by atoms with Crippen molar-refractivity contribution in [2.45, 2.75) is 39.9 Å². The SMILES string of the molecule is CC(C)Oc1ccc(C=NNc2ccc([N+](=O)[O-])cc2[N+](=O)[O-])c(OC(C)C)c1. The first-order chi connectivity index (χ1) is 13.7. The summed E-state index contributed by atoms with van der Waals surface area (Å²) in [7, 11) is 0. The van der Waals surface area contributed by atoms with Crippen LogP contribution in [0.5, 0.6) is 11.5 Å². The van der Waals surface area contributed by atoms with Crippen molar-refractivity contribution in [2.24, 2.45) is 5.10 Å². The molecule has 0 aromatic heterocycles. The third-order valence-corrected chi connectivity index (χ3v) is 3.50. The van der Waals surface area contributed by atoms with Gasteiger partial charge in [0.05, 0.1) is 34.3 Å². The molecule has 0 amide bonds. The zero-order valence-electron chi connectivity index (χ0n) is 16.5. The second-order valence-corrected chi connectivity index (χ2v) is 6.62. The Labute approximate surface area is 167 Å². The summed E-state index contributed by atoms with van der Waals surface area (Å²) in [6, 6.07) is 8.54. The smallest absolute Gasteiger partial charge is 0.301 e. The van der Waals surface area contributed by atoms with Gasteiger partial charge in [0.1, 0.15) is 17.2 Å². The lowest BCUT2D eigenvalue weighted by molar-refractivity contribution is -0.393. The number of nitrogens with one attached hydrogen (secondary N) is 1. The molecule has 2 aromatic rings. The first-order valence-electron chi connectivity index (χ1n) is 8.86. The van der Waals surface area contributed by atoms with Gasteiger partial charge >= 0.3 is 5.69 Å². The molecule has 0 radical (unpaired) electrons. The number of hydrogen-bond acceptors (Lipinski definition) is 8. The number of nitro benzene ring substituents is 2. The highest BCUT2D eigenvalue weighted by Gasteiger charge is 2.19. The van der Waals surface area contributed by atoms with E-state index in [1.165, 1.54) is 12.3 Å². The van der Waals surface area contributed by atoms with Crippen LogP contribution in [-0.4, -0.2) is 28.3 Å². The summed E-state index contributed by atoms with van der Waals surface area (Å²) in [5, 5.41) is 26.0. The van der Waals surface area contributed by atoms with Gasteiger partial charge in [0.2, 0.25) is 0 Å². The van der Waals surface area contributed by atoms with Crippen molar-refractivity contribution in [1.82, 2.24) is 0 Å². The van der Waals surface area contributed by atoms with E-state index in [4.69, 9.17) is 9.47 Å². The van der Waals surface area contributed by atoms with Crippen LogP contribution in [0, 0.1) is 20.2 Å². The summed E-state index contributed by atoms with van der Waals surface area (Å²) < 4.78 is 11.5. The van der Waals surface area contributed by atoms with Crippen molar-refractivity contribution in [2.75, 3.05) is 5.43 Å². The number of rotatable bonds is 9. The van der Waals surface area contributed by atoms with E-state index < -0.39 is 15.5 Å². The summed E-state index contributed by atoms with van der Waals surface area (Å²) in [5.74, 6) is 1.19. The van der Waals surface area contributed by atoms with Crippen LogP contribution in [-0.2, 0) is 0 Å². The molecule has 154 valence electrons. The lowest BCUT2D eigenvalue weighted by Gasteiger charge is -2.15. The van der Waals surface area contributed by atoms with Crippen LogP contribution in [0.1, 0.15) is 33.3 Å². The van der Waals surface area contributed by atoms with E-state index in [0.717, 1.165) is 12.1 Å². The van der Waals surface area contributed by atoms with Gasteiger partial charge < -0.3 is 9.47 Å². The van der Waals surface area contributed by atoms with Crippen molar-refractivity contribution in [3.8, 4) is 11.5 Å². The lowest BCUT2D eigenvalue weighted by atomic mass is 10.2. The fraction of sp³-hybridized carbons (Fsp3) is 0.316. The molecule has 1 N–H and O–H groups in total. The summed E-state index contributed by atoms with van der Waals surface area (Å²) in [4.78, 5) is 20.6. The molecule has 0 bridgehead atoms. The third-order valence-electron chi connectivity index (χ3n) is 3.50. The number of hydrogen-bond donors (Lipinski definition) is 1. The van der Waals surface area contributed by atoms with Gasteiger partial charge in [-0.05, 0) is 45.9 Å². The molecule has 0 fully saturated rings. The zero-order valence-corrected chi connectivity index (χ0v) is 16.5. The molecule has 2 aromatic carbocycles. The second kappa shape index (κ2) is 9.49. The molecule has 0 saturated carbocycles. The highest BCUT2D eigenvalue weighted by atomic mass is 16.6. The summed E-state index contributed by atoms with van der Waals surface area (Å²) in [6.45, 7) is 7.60. The van der Waals surface area contributed by atoms with Crippen LogP contribution in [0.25, 0.3) is 0 Å². The Morgan fingerprint density at radius 3 is 2.24 bits per heavy atom. The molecule has 10 nitrogen and oxygen atoms in total. The summed E-state index contributed by atoms with van der Waals surface area (Å²) in [6.07, 6.45) is 1.37. The quantitative estimate of drug-likeness (QED) is 0.371. The van der Waals surface area contributed by atoms with Crippen LogP contribution in [0.3, 0.4) is 0 Å². The van der Waals surface area contributed by atoms with E-state index in [1.54, 1.807) is 18.2 Å². The van der Waals surface area contributed by atoms with E-state index in [-0.39, 0.29) is 23.6 Å². The topological polar surface area (TPSA) is 129 Å². The fourth-order valence-electron chi connectivity index (χ4n) is 2.37. The first-order valence-corrected chi connectivity index (χ1v) is 8.86. The minimum Gasteiger partial charge on any atom is -0.491 e. The van der Waals surface area contributed by atoms with Gasteiger partial charge in [-0.1, -0.05) is 0 Å². The van der Waals surface area contributed by atoms with Gasteiger partial charge in [0, 0.05) is 17.7 Å². The van der Waals surface area contributed by atoms with Crippen LogP contribution in [0.2, 0.25) is 0 Å². The Morgan fingerprint density at radius 2 is 1.66 bits per heavy atom. The number of ether oxygens (including phenoxy) is 2. The van der Waals surface area contributed by atoms with Crippen molar-refractivity contribution in [1.29, 1.82) is 0 Å². The molecule has 10 heteroatoms. The van der Waals surface area contributed by atoms with Gasteiger partial charge in [-0.25, -0.2) is 0 Å². The maximum absolute atomic E-state index is 11.2. The summed E-state index contributed by atoms with van der Waals surface area (Å²) in [5.41, 5.74) is 2.39. The number of anilines is 1. The van der Waals surface area contributed by atoms with E-state index in [1.807, 2.05) is 27.7 Å². The molecule has 0 spiro atoms. The Hall–Kier alpha value is -3.69. The molecule has 0 atom stereocenters. The van der Waals surface area contributed by atoms with Crippen LogP contribution in [0.4, 0.5) is 17.1 Å². The van der Waals surface area contributed by atoms with Gasteiger partial charge in [-0.15, -0.1) is 0 Å². The Morgan fingerprint density at radius 1 is 0.966 bits per heavy atom. The highest BCUT2D eigenvalue weighted by Crippen LogP contribution is 2.29. The monoisotopic (exact) mass is 402 g/mol. The molecule has 2 rings (SSSR count). The highest BCUT2D eigenvalue weighted by molar-refractivity contribution is 5.84. The molecule has 0 aliphatic rings. The van der Waals surface area contributed by atoms with Crippen molar-refractivity contribution in [3.63, 3.8) is 0 Å². The molecule has 0 aliphatic heterocycles. The molecule has 0 unspecified atom stereocenters. The standard InChI is InChI=1S/C19H22N4O6/c1-12(2)28-16-7-5-14(19(10-16)29-13(3)4)11-20-21-17-8-6-15(22(24)25)9-18(17)23(26)27/h5-13,21H,1-4H3. The number of nitrogens with zero attached hydrogens (tertiary/aromatic N) is 3. The Bertz CT molecular complexity index is 927. The largest absolute Gasteiger partial charge is 0.491 e. The van der Waals surface area contributed by atoms with E-state index in [2.05, 4.69) is 10.5 Å². The average Bonchev–Trinajstić information content (AvgIpc) is 2.62. The van der Waals surface area contributed by atoms with E-state index in [9.17, 15) is 20.2 Å². The zero-order chi connectivity index (χ0) is 21.6. The van der Waals surface area contributed by atoms with Gasteiger partial charge in [-0.2, -0.15) is 5.10 Å². The van der Waals surface area contributed by atoms with Crippen molar-refractivity contribution < 1.29 is 19.3 Å². The molecular formula is C19H22N4O6. The Kier molecular flexibility index (Phi) is 7.07. The third kappa shape index (κ3) is 6.16. The number of nitro groups is 2. The fourth-order valence-corrected chi connectivity index (χ4v) is 2.37. The maximum atomic E-state index is 11.2. The lowest BCUT2D eigenvalue weighted by Crippen LogP contribution is -2.09. The van der Waals surface area contributed by atoms with Crippen molar-refractivity contribution >= 4 is 23.3 Å². The second-order valence-electron chi connectivity index (χ2n) is 6.62. The predicted octanol–water partition coefficient (Wildman–Crippen LogP) is 4.52. The molecular weight excluding hydrogens is 380 g/mol. The van der Waals surface area contributed by atoms with Crippen LogP contribution < -0.4 is 14.9 Å². The molecule has 0 saturated heterocycles. The maximum Gasteiger partial charge on any atom is 0.301 e. The Balaban J connectivity index is 2.27. The predicted molar refractivity (Wildman–Crippen MR) is 109 cm³/mol. The summed E-state index contributed by atoms with van der Waals surface area (Å²) >= 11 is 0. The normalized spacial score (nSPS) is 11.1. The number of non-ortho nitro benzene ring substituents is 1. The number of benzene rings is 2. The minimum atomic E-state index is -0.712. The average molecular weight is 402 g/mol. The minimum absolute atomic E-state index is 0.00534. The van der Waals surface area contributed by atoms with Crippen molar-refractivity contribution in [3.05, 3.63) is 62.2 Å². The van der Waals surface area contributed by atoms with Crippen LogP contribution in [0.15, 0.2) is 41.5 Å². The number of hydrazone groups is 1. The van der Waals surface area contributed by atoms with Crippen LogP contribution >= 0.6 is 0 Å². The van der Waals surface area contributed by atoms with E-state index in [0.29, 0.717) is 17.1 Å². The molecule has 29 heavy (non-hydrogen) atoms. The van der Waals surface area contributed by atoms with Gasteiger partial charge in [-0.3, -0.25) is 25.7 Å². The first kappa shape index (κ1) is 21.6.